The molecule has 0 aliphatic heterocycles. The molecule has 168 valence electrons. The molecular formula is C22H28N2O6S. The highest BCUT2D eigenvalue weighted by molar-refractivity contribution is 7.92. The van der Waals surface area contributed by atoms with Crippen LogP contribution in [0.15, 0.2) is 53.4 Å². The number of para-hydroxylation sites is 1. The molecule has 0 aliphatic rings. The van der Waals surface area contributed by atoms with Crippen LogP contribution in [0, 0.1) is 5.92 Å². The van der Waals surface area contributed by atoms with Crippen molar-refractivity contribution in [3.63, 3.8) is 0 Å². The van der Waals surface area contributed by atoms with Crippen LogP contribution in [0.1, 0.15) is 38.1 Å². The molecule has 0 bridgehead atoms. The van der Waals surface area contributed by atoms with Gasteiger partial charge >= 0.3 is 5.97 Å². The molecule has 1 atom stereocenters. The number of carbonyl (C=O) groups is 2. The lowest BCUT2D eigenvalue weighted by atomic mass is 10.1. The lowest BCUT2D eigenvalue weighted by Gasteiger charge is -2.17. The molecule has 2 N–H and O–H groups in total. The highest BCUT2D eigenvalue weighted by Crippen LogP contribution is 2.22. The highest BCUT2D eigenvalue weighted by Gasteiger charge is 2.20. The van der Waals surface area contributed by atoms with Crippen LogP contribution in [-0.2, 0) is 19.6 Å². The maximum Gasteiger partial charge on any atom is 0.340 e. The van der Waals surface area contributed by atoms with E-state index in [1.807, 2.05) is 27.7 Å². The van der Waals surface area contributed by atoms with Crippen LogP contribution in [0.4, 0.5) is 5.69 Å². The van der Waals surface area contributed by atoms with E-state index in [-0.39, 0.29) is 28.1 Å². The van der Waals surface area contributed by atoms with Crippen LogP contribution < -0.4 is 14.8 Å². The minimum atomic E-state index is -3.95. The molecule has 0 aliphatic carbocycles. The summed E-state index contributed by atoms with van der Waals surface area (Å²) in [7, 11) is -3.95. The third-order valence-electron chi connectivity index (χ3n) is 4.56. The van der Waals surface area contributed by atoms with E-state index in [9.17, 15) is 18.0 Å². The fourth-order valence-corrected chi connectivity index (χ4v) is 3.59. The highest BCUT2D eigenvalue weighted by atomic mass is 32.2. The first-order valence-electron chi connectivity index (χ1n) is 9.95. The van der Waals surface area contributed by atoms with Gasteiger partial charge in [-0.05, 0) is 56.2 Å². The number of amides is 1. The van der Waals surface area contributed by atoms with Gasteiger partial charge in [0.05, 0.1) is 22.8 Å². The van der Waals surface area contributed by atoms with Crippen molar-refractivity contribution in [3.05, 3.63) is 54.1 Å². The van der Waals surface area contributed by atoms with Crippen molar-refractivity contribution in [2.75, 3.05) is 17.9 Å². The van der Waals surface area contributed by atoms with Crippen molar-refractivity contribution in [1.29, 1.82) is 0 Å². The molecule has 2 aromatic rings. The minimum absolute atomic E-state index is 0.00159. The Morgan fingerprint density at radius 1 is 1.00 bits per heavy atom. The second-order valence-corrected chi connectivity index (χ2v) is 8.91. The summed E-state index contributed by atoms with van der Waals surface area (Å²) in [6.45, 7) is 7.61. The first-order chi connectivity index (χ1) is 14.6. The number of anilines is 1. The van der Waals surface area contributed by atoms with Gasteiger partial charge < -0.3 is 14.8 Å². The van der Waals surface area contributed by atoms with Gasteiger partial charge in [0, 0.05) is 6.04 Å². The summed E-state index contributed by atoms with van der Waals surface area (Å²) in [6.07, 6.45) is 0. The molecule has 1 unspecified atom stereocenters. The summed E-state index contributed by atoms with van der Waals surface area (Å²) in [4.78, 5) is 24.4. The topological polar surface area (TPSA) is 111 Å². The van der Waals surface area contributed by atoms with Gasteiger partial charge in [-0.3, -0.25) is 9.52 Å². The smallest absolute Gasteiger partial charge is 0.340 e. The van der Waals surface area contributed by atoms with Gasteiger partial charge in [-0.15, -0.1) is 0 Å². The number of ether oxygens (including phenoxy) is 2. The summed E-state index contributed by atoms with van der Waals surface area (Å²) >= 11 is 0. The molecular weight excluding hydrogens is 420 g/mol. The molecule has 9 heteroatoms. The predicted octanol–water partition coefficient (Wildman–Crippen LogP) is 3.20. The molecule has 0 saturated carbocycles. The Balaban J connectivity index is 2.10. The third kappa shape index (κ3) is 6.99. The van der Waals surface area contributed by atoms with Crippen molar-refractivity contribution in [3.8, 4) is 5.75 Å². The molecule has 31 heavy (non-hydrogen) atoms. The number of sulfonamides is 1. The minimum Gasteiger partial charge on any atom is -0.494 e. The van der Waals surface area contributed by atoms with E-state index in [0.29, 0.717) is 12.4 Å². The summed E-state index contributed by atoms with van der Waals surface area (Å²) in [5.74, 6) is -0.452. The predicted molar refractivity (Wildman–Crippen MR) is 118 cm³/mol. The molecule has 0 heterocycles. The van der Waals surface area contributed by atoms with Crippen molar-refractivity contribution in [2.45, 2.75) is 38.6 Å². The van der Waals surface area contributed by atoms with Crippen molar-refractivity contribution in [2.24, 2.45) is 5.92 Å². The van der Waals surface area contributed by atoms with Gasteiger partial charge in [-0.1, -0.05) is 26.0 Å². The fraction of sp³-hybridized carbons (Fsp3) is 0.364. The van der Waals surface area contributed by atoms with Crippen molar-refractivity contribution in [1.82, 2.24) is 5.32 Å². The van der Waals surface area contributed by atoms with Gasteiger partial charge in [0.1, 0.15) is 5.75 Å². The average Bonchev–Trinajstić information content (AvgIpc) is 2.72. The lowest BCUT2D eigenvalue weighted by Crippen LogP contribution is -2.38. The number of carbonyl (C=O) groups excluding carboxylic acids is 2. The number of nitrogens with one attached hydrogen (secondary N) is 2. The van der Waals surface area contributed by atoms with Gasteiger partial charge in [0.2, 0.25) is 0 Å². The molecule has 0 spiro atoms. The number of hydrogen-bond donors (Lipinski definition) is 2. The normalized spacial score (nSPS) is 12.2. The maximum absolute atomic E-state index is 12.7. The Labute approximate surface area is 183 Å². The van der Waals surface area contributed by atoms with Gasteiger partial charge in [-0.2, -0.15) is 0 Å². The number of hydrogen-bond acceptors (Lipinski definition) is 6. The summed E-state index contributed by atoms with van der Waals surface area (Å²) in [5.41, 5.74) is 0.0547. The number of benzene rings is 2. The summed E-state index contributed by atoms with van der Waals surface area (Å²) in [5, 5.41) is 2.74. The van der Waals surface area contributed by atoms with Crippen LogP contribution >= 0.6 is 0 Å². The molecule has 0 saturated heterocycles. The quantitative estimate of drug-likeness (QED) is 0.540. The van der Waals surface area contributed by atoms with E-state index in [0.717, 1.165) is 0 Å². The molecule has 0 fully saturated rings. The molecule has 8 nitrogen and oxygen atoms in total. The Morgan fingerprint density at radius 2 is 1.65 bits per heavy atom. The second-order valence-electron chi connectivity index (χ2n) is 7.23. The Bertz CT molecular complexity index is 1000. The summed E-state index contributed by atoms with van der Waals surface area (Å²) < 4.78 is 38.2. The third-order valence-corrected chi connectivity index (χ3v) is 5.94. The molecule has 0 radical (unpaired) electrons. The first kappa shape index (κ1) is 24.2. The van der Waals surface area contributed by atoms with Crippen molar-refractivity contribution >= 4 is 27.6 Å². The van der Waals surface area contributed by atoms with E-state index in [2.05, 4.69) is 10.0 Å². The van der Waals surface area contributed by atoms with Crippen LogP contribution in [0.5, 0.6) is 5.75 Å². The first-order valence-corrected chi connectivity index (χ1v) is 11.4. The van der Waals surface area contributed by atoms with Crippen LogP contribution in [0.2, 0.25) is 0 Å². The molecule has 2 aromatic carbocycles. The van der Waals surface area contributed by atoms with E-state index in [1.165, 1.54) is 24.3 Å². The van der Waals surface area contributed by atoms with E-state index in [4.69, 9.17) is 9.47 Å². The Hall–Kier alpha value is -3.07. The zero-order chi connectivity index (χ0) is 23.0. The van der Waals surface area contributed by atoms with Crippen LogP contribution in [0.3, 0.4) is 0 Å². The number of rotatable bonds is 10. The Morgan fingerprint density at radius 3 is 2.26 bits per heavy atom. The van der Waals surface area contributed by atoms with Gasteiger partial charge in [0.15, 0.2) is 6.61 Å². The monoisotopic (exact) mass is 448 g/mol. The SMILES string of the molecule is CCOc1ccc(S(=O)(=O)Nc2ccccc2C(=O)OCC(=O)NC(C)C(C)C)cc1. The lowest BCUT2D eigenvalue weighted by molar-refractivity contribution is -0.125. The number of esters is 1. The van der Waals surface area contributed by atoms with E-state index < -0.39 is 28.5 Å². The van der Waals surface area contributed by atoms with Crippen molar-refractivity contribution < 1.29 is 27.5 Å². The second kappa shape index (κ2) is 10.8. The zero-order valence-electron chi connectivity index (χ0n) is 18.0. The summed E-state index contributed by atoms with van der Waals surface area (Å²) in [6, 6.07) is 11.9. The molecule has 0 aromatic heterocycles. The van der Waals surface area contributed by atoms with Gasteiger partial charge in [-0.25, -0.2) is 13.2 Å². The van der Waals surface area contributed by atoms with E-state index in [1.54, 1.807) is 24.3 Å². The van der Waals surface area contributed by atoms with Crippen LogP contribution in [0.25, 0.3) is 0 Å². The fourth-order valence-electron chi connectivity index (χ4n) is 2.51. The van der Waals surface area contributed by atoms with Gasteiger partial charge in [0.25, 0.3) is 15.9 Å². The average molecular weight is 449 g/mol. The van der Waals surface area contributed by atoms with E-state index >= 15 is 0 Å². The van der Waals surface area contributed by atoms with Crippen LogP contribution in [-0.4, -0.2) is 39.5 Å². The zero-order valence-corrected chi connectivity index (χ0v) is 18.9. The maximum atomic E-state index is 12.7. The standard InChI is InChI=1S/C22H28N2O6S/c1-5-29-17-10-12-18(13-11-17)31(27,28)24-20-9-7-6-8-19(20)22(26)30-14-21(25)23-16(4)15(2)3/h6-13,15-16,24H,5,14H2,1-4H3,(H,23,25). The molecule has 1 amide bonds. The molecule has 2 rings (SSSR count). The Kier molecular flexibility index (Phi) is 8.44. The largest absolute Gasteiger partial charge is 0.494 e.